The van der Waals surface area contributed by atoms with Gasteiger partial charge in [0.1, 0.15) is 18.0 Å². The summed E-state index contributed by atoms with van der Waals surface area (Å²) >= 11 is 3.26. The first-order valence-electron chi connectivity index (χ1n) is 12.0. The number of pyridine rings is 1. The van der Waals surface area contributed by atoms with Crippen LogP contribution < -0.4 is 10.6 Å². The minimum absolute atomic E-state index is 0.00981. The number of rotatable bonds is 15. The molecule has 11 heteroatoms. The Morgan fingerprint density at radius 1 is 1.31 bits per heavy atom. The number of carboxylic acids is 1. The van der Waals surface area contributed by atoms with Gasteiger partial charge in [-0.05, 0) is 72.6 Å². The summed E-state index contributed by atoms with van der Waals surface area (Å²) in [5.74, 6) is 0.233. The fraction of sp³-hybridized carbons (Fsp3) is 0.583. The maximum absolute atomic E-state index is 14.3. The Morgan fingerprint density at radius 3 is 2.86 bits per heavy atom. The van der Waals surface area contributed by atoms with E-state index in [9.17, 15) is 14.3 Å². The van der Waals surface area contributed by atoms with Gasteiger partial charge < -0.3 is 25.4 Å². The van der Waals surface area contributed by atoms with E-state index >= 15 is 0 Å². The first kappa shape index (κ1) is 27.2. The van der Waals surface area contributed by atoms with Crippen molar-refractivity contribution < 1.29 is 19.0 Å². The second-order valence-electron chi connectivity index (χ2n) is 8.70. The van der Waals surface area contributed by atoms with Crippen LogP contribution in [0.4, 0.5) is 16.2 Å². The highest BCUT2D eigenvalue weighted by Crippen LogP contribution is 2.20. The van der Waals surface area contributed by atoms with Crippen molar-refractivity contribution in [2.45, 2.75) is 50.7 Å². The Balaban J connectivity index is 1.50. The lowest BCUT2D eigenvalue weighted by Gasteiger charge is -2.25. The molecular formula is C24H34BrFN6O3. The molecule has 0 fully saturated rings. The summed E-state index contributed by atoms with van der Waals surface area (Å²) in [7, 11) is 1.47. The molecule has 0 bridgehead atoms. The zero-order chi connectivity index (χ0) is 25.0. The number of hydrogen-bond acceptors (Lipinski definition) is 8. The quantitative estimate of drug-likeness (QED) is 0.285. The van der Waals surface area contributed by atoms with Crippen molar-refractivity contribution in [2.24, 2.45) is 0 Å². The number of anilines is 2. The van der Waals surface area contributed by atoms with Gasteiger partial charge in [0, 0.05) is 44.8 Å². The molecule has 0 spiro atoms. The van der Waals surface area contributed by atoms with Crippen molar-refractivity contribution in [2.75, 3.05) is 50.5 Å². The molecule has 9 nitrogen and oxygen atoms in total. The van der Waals surface area contributed by atoms with E-state index in [1.807, 2.05) is 4.90 Å². The topological polar surface area (TPSA) is 113 Å². The lowest BCUT2D eigenvalue weighted by atomic mass is 10.1. The summed E-state index contributed by atoms with van der Waals surface area (Å²) in [5, 5.41) is 15.9. The first-order chi connectivity index (χ1) is 16.9. The molecule has 0 amide bonds. The zero-order valence-electron chi connectivity index (χ0n) is 20.1. The molecule has 3 heterocycles. The van der Waals surface area contributed by atoms with E-state index in [0.29, 0.717) is 17.6 Å². The molecule has 3 rings (SSSR count). The third-order valence-electron chi connectivity index (χ3n) is 5.87. The summed E-state index contributed by atoms with van der Waals surface area (Å²) in [6, 6.07) is 3.36. The van der Waals surface area contributed by atoms with Crippen LogP contribution in [-0.2, 0) is 22.4 Å². The van der Waals surface area contributed by atoms with Crippen LogP contribution in [0, 0.1) is 0 Å². The molecule has 192 valence electrons. The average molecular weight is 553 g/mol. The van der Waals surface area contributed by atoms with Crippen LogP contribution in [0.1, 0.15) is 36.9 Å². The third kappa shape index (κ3) is 9.30. The van der Waals surface area contributed by atoms with Crippen molar-refractivity contribution in [1.82, 2.24) is 19.9 Å². The Labute approximate surface area is 214 Å². The highest BCUT2D eigenvalue weighted by molar-refractivity contribution is 9.10. The van der Waals surface area contributed by atoms with Crippen molar-refractivity contribution >= 4 is 33.7 Å². The van der Waals surface area contributed by atoms with E-state index < -0.39 is 18.2 Å². The van der Waals surface area contributed by atoms with Gasteiger partial charge in [-0.2, -0.15) is 0 Å². The number of halogens is 2. The number of fused-ring (bicyclic) bond motifs is 1. The molecule has 3 N–H and O–H groups in total. The molecule has 35 heavy (non-hydrogen) atoms. The summed E-state index contributed by atoms with van der Waals surface area (Å²) in [4.78, 5) is 26.6. The van der Waals surface area contributed by atoms with E-state index in [1.165, 1.54) is 12.7 Å². The van der Waals surface area contributed by atoms with Crippen LogP contribution in [-0.4, -0.2) is 83.0 Å². The van der Waals surface area contributed by atoms with Crippen molar-refractivity contribution in [1.29, 1.82) is 0 Å². The minimum Gasteiger partial charge on any atom is -0.480 e. The van der Waals surface area contributed by atoms with Crippen LogP contribution in [0.3, 0.4) is 0 Å². The zero-order valence-corrected chi connectivity index (χ0v) is 21.6. The van der Waals surface area contributed by atoms with Gasteiger partial charge in [0.05, 0.1) is 11.1 Å². The lowest BCUT2D eigenvalue weighted by molar-refractivity contribution is -0.138. The average Bonchev–Trinajstić information content (AvgIpc) is 2.85. The predicted octanol–water partition coefficient (Wildman–Crippen LogP) is 3.56. The number of alkyl halides is 1. The standard InChI is InChI=1S/C24H34BrFN6O3/c1-35-16-19(26)15-32(12-9-21(23(33)34)31-24-28-13-18(25)14-29-24)11-3-2-6-20-8-7-17-5-4-10-27-22(17)30-20/h7-8,13-14,19,21H,2-6,9-12,15-16H2,1H3,(H,27,30)(H,33,34)(H,28,29,31)/t19-,21?/m0/s1. The van der Waals surface area contributed by atoms with Gasteiger partial charge in [-0.3, -0.25) is 0 Å². The number of ether oxygens (including phenoxy) is 1. The molecular weight excluding hydrogens is 519 g/mol. The second-order valence-corrected chi connectivity index (χ2v) is 9.62. The van der Waals surface area contributed by atoms with Crippen LogP contribution in [0.5, 0.6) is 0 Å². The number of aliphatic carboxylic acids is 1. The number of carboxylic acid groups (broad SMARTS) is 1. The number of nitrogens with zero attached hydrogens (tertiary/aromatic N) is 4. The molecule has 0 aromatic carbocycles. The van der Waals surface area contributed by atoms with Crippen LogP contribution >= 0.6 is 15.9 Å². The van der Waals surface area contributed by atoms with E-state index in [-0.39, 0.29) is 25.5 Å². The van der Waals surface area contributed by atoms with E-state index in [4.69, 9.17) is 9.72 Å². The maximum atomic E-state index is 14.3. The third-order valence-corrected chi connectivity index (χ3v) is 6.28. The molecule has 2 aromatic heterocycles. The monoisotopic (exact) mass is 552 g/mol. The maximum Gasteiger partial charge on any atom is 0.326 e. The Hall–Kier alpha value is -2.37. The Morgan fingerprint density at radius 2 is 2.11 bits per heavy atom. The van der Waals surface area contributed by atoms with Crippen LogP contribution in [0.2, 0.25) is 0 Å². The van der Waals surface area contributed by atoms with Gasteiger partial charge in [0.15, 0.2) is 0 Å². The molecule has 0 saturated heterocycles. The molecule has 1 unspecified atom stereocenters. The SMILES string of the molecule is COC[C@@H](F)CN(CCCCc1ccc2c(n1)NCCC2)CCC(Nc1ncc(Br)cn1)C(=O)O. The number of nitrogens with one attached hydrogen (secondary N) is 2. The summed E-state index contributed by atoms with van der Waals surface area (Å²) in [5.41, 5.74) is 2.32. The molecule has 2 atom stereocenters. The Bertz CT molecular complexity index is 936. The van der Waals surface area contributed by atoms with Gasteiger partial charge in [-0.15, -0.1) is 0 Å². The van der Waals surface area contributed by atoms with Crippen LogP contribution in [0.15, 0.2) is 29.0 Å². The molecule has 0 saturated carbocycles. The van der Waals surface area contributed by atoms with Crippen molar-refractivity contribution in [3.05, 3.63) is 40.3 Å². The first-order valence-corrected chi connectivity index (χ1v) is 12.8. The molecule has 2 aromatic rings. The van der Waals surface area contributed by atoms with Crippen molar-refractivity contribution in [3.63, 3.8) is 0 Å². The van der Waals surface area contributed by atoms with Gasteiger partial charge in [0.25, 0.3) is 0 Å². The number of unbranched alkanes of at least 4 members (excludes halogenated alkanes) is 1. The molecule has 1 aliphatic heterocycles. The number of aryl methyl sites for hydroxylation is 2. The summed E-state index contributed by atoms with van der Waals surface area (Å²) in [6.07, 6.45) is 7.06. The predicted molar refractivity (Wildman–Crippen MR) is 137 cm³/mol. The van der Waals surface area contributed by atoms with Gasteiger partial charge in [-0.1, -0.05) is 6.07 Å². The smallest absolute Gasteiger partial charge is 0.326 e. The van der Waals surface area contributed by atoms with Gasteiger partial charge in [-0.25, -0.2) is 24.1 Å². The fourth-order valence-electron chi connectivity index (χ4n) is 4.07. The highest BCUT2D eigenvalue weighted by Gasteiger charge is 2.21. The van der Waals surface area contributed by atoms with Gasteiger partial charge in [0.2, 0.25) is 5.95 Å². The number of methoxy groups -OCH3 is 1. The van der Waals surface area contributed by atoms with E-state index in [1.54, 1.807) is 12.4 Å². The number of aromatic nitrogens is 3. The molecule has 0 aliphatic carbocycles. The van der Waals surface area contributed by atoms with Gasteiger partial charge >= 0.3 is 5.97 Å². The number of carbonyl (C=O) groups is 1. The normalized spacial score (nSPS) is 14.7. The van der Waals surface area contributed by atoms with Crippen molar-refractivity contribution in [3.8, 4) is 0 Å². The fourth-order valence-corrected chi connectivity index (χ4v) is 4.27. The second kappa shape index (κ2) is 14.3. The largest absolute Gasteiger partial charge is 0.480 e. The van der Waals surface area contributed by atoms with E-state index in [0.717, 1.165) is 50.2 Å². The molecule has 1 aliphatic rings. The molecule has 0 radical (unpaired) electrons. The number of hydrogen-bond donors (Lipinski definition) is 3. The van der Waals surface area contributed by atoms with Crippen LogP contribution in [0.25, 0.3) is 0 Å². The van der Waals surface area contributed by atoms with E-state index in [2.05, 4.69) is 48.7 Å². The minimum atomic E-state index is -1.14. The Kier molecular flexibility index (Phi) is 11.1. The summed E-state index contributed by atoms with van der Waals surface area (Å²) < 4.78 is 20.0. The summed E-state index contributed by atoms with van der Waals surface area (Å²) in [6.45, 7) is 2.25. The lowest BCUT2D eigenvalue weighted by Crippen LogP contribution is -2.39. The highest BCUT2D eigenvalue weighted by atomic mass is 79.9.